The molecule has 0 saturated carbocycles. The standard InChI is InChI=1S/C18H20N6O2/c1-12-21-17(23-22-12)13-5-4-8-24(9-13)16(25)10-26-18-14-6-2-3-7-15(14)19-11-20-18/h2-3,6-7,11,13H,4-5,8-10H2,1H3,(H,21,22,23)/t13-/m1/s1. The van der Waals surface area contributed by atoms with Crippen molar-refractivity contribution in [1.82, 2.24) is 30.0 Å². The maximum atomic E-state index is 12.6. The van der Waals surface area contributed by atoms with Crippen LogP contribution in [-0.4, -0.2) is 55.7 Å². The van der Waals surface area contributed by atoms with E-state index in [1.54, 1.807) is 0 Å². The first-order valence-electron chi connectivity index (χ1n) is 8.70. The van der Waals surface area contributed by atoms with Crippen molar-refractivity contribution in [3.05, 3.63) is 42.2 Å². The Bertz CT molecular complexity index is 919. The van der Waals surface area contributed by atoms with E-state index in [9.17, 15) is 4.79 Å². The van der Waals surface area contributed by atoms with Gasteiger partial charge in [-0.15, -0.1) is 0 Å². The Balaban J connectivity index is 1.41. The largest absolute Gasteiger partial charge is 0.467 e. The lowest BCUT2D eigenvalue weighted by molar-refractivity contribution is -0.134. The highest BCUT2D eigenvalue weighted by atomic mass is 16.5. The molecule has 2 aromatic heterocycles. The van der Waals surface area contributed by atoms with E-state index >= 15 is 0 Å². The average Bonchev–Trinajstić information content (AvgIpc) is 3.12. The second-order valence-electron chi connectivity index (χ2n) is 6.44. The predicted molar refractivity (Wildman–Crippen MR) is 94.7 cm³/mol. The molecule has 8 heteroatoms. The van der Waals surface area contributed by atoms with E-state index in [0.717, 1.165) is 41.9 Å². The number of carbonyl (C=O) groups excluding carboxylic acids is 1. The van der Waals surface area contributed by atoms with Crippen molar-refractivity contribution in [3.63, 3.8) is 0 Å². The van der Waals surface area contributed by atoms with Crippen LogP contribution in [0.4, 0.5) is 0 Å². The summed E-state index contributed by atoms with van der Waals surface area (Å²) >= 11 is 0. The van der Waals surface area contributed by atoms with Gasteiger partial charge in [0, 0.05) is 19.0 Å². The molecule has 0 aliphatic carbocycles. The van der Waals surface area contributed by atoms with Crippen LogP contribution in [0.2, 0.25) is 0 Å². The van der Waals surface area contributed by atoms with Gasteiger partial charge in [0.2, 0.25) is 5.88 Å². The van der Waals surface area contributed by atoms with Crippen LogP contribution < -0.4 is 4.74 Å². The monoisotopic (exact) mass is 352 g/mol. The maximum Gasteiger partial charge on any atom is 0.260 e. The van der Waals surface area contributed by atoms with Crippen molar-refractivity contribution < 1.29 is 9.53 Å². The lowest BCUT2D eigenvalue weighted by Crippen LogP contribution is -2.41. The Labute approximate surface area is 150 Å². The number of aryl methyl sites for hydroxylation is 1. The lowest BCUT2D eigenvalue weighted by atomic mass is 9.97. The predicted octanol–water partition coefficient (Wildman–Crippen LogP) is 1.84. The minimum absolute atomic E-state index is 0.0409. The number of benzene rings is 1. The van der Waals surface area contributed by atoms with Gasteiger partial charge in [0.15, 0.2) is 12.4 Å². The Kier molecular flexibility index (Phi) is 4.47. The molecule has 1 N–H and O–H groups in total. The first kappa shape index (κ1) is 16.4. The molecule has 8 nitrogen and oxygen atoms in total. The number of piperidine rings is 1. The number of aromatic amines is 1. The van der Waals surface area contributed by atoms with Crippen molar-refractivity contribution in [2.45, 2.75) is 25.7 Å². The third-order valence-corrected chi connectivity index (χ3v) is 4.59. The molecule has 3 aromatic rings. The number of nitrogens with zero attached hydrogens (tertiary/aromatic N) is 5. The Morgan fingerprint density at radius 1 is 1.35 bits per heavy atom. The van der Waals surface area contributed by atoms with E-state index in [4.69, 9.17) is 4.74 Å². The Hall–Kier alpha value is -3.03. The van der Waals surface area contributed by atoms with Crippen LogP contribution in [0.15, 0.2) is 30.6 Å². The van der Waals surface area contributed by atoms with Crippen LogP contribution in [0.5, 0.6) is 5.88 Å². The number of carbonyl (C=O) groups is 1. The number of likely N-dealkylation sites (tertiary alicyclic amines) is 1. The van der Waals surface area contributed by atoms with Gasteiger partial charge >= 0.3 is 0 Å². The van der Waals surface area contributed by atoms with Gasteiger partial charge in [-0.1, -0.05) is 12.1 Å². The molecule has 0 radical (unpaired) electrons. The highest BCUT2D eigenvalue weighted by Crippen LogP contribution is 2.25. The van der Waals surface area contributed by atoms with Gasteiger partial charge < -0.3 is 9.64 Å². The molecule has 26 heavy (non-hydrogen) atoms. The zero-order valence-electron chi connectivity index (χ0n) is 14.6. The fourth-order valence-electron chi connectivity index (χ4n) is 3.27. The van der Waals surface area contributed by atoms with Crippen LogP contribution >= 0.6 is 0 Å². The van der Waals surface area contributed by atoms with Gasteiger partial charge in [-0.3, -0.25) is 9.89 Å². The summed E-state index contributed by atoms with van der Waals surface area (Å²) in [6.45, 7) is 3.18. The summed E-state index contributed by atoms with van der Waals surface area (Å²) in [5, 5.41) is 7.91. The van der Waals surface area contributed by atoms with E-state index < -0.39 is 0 Å². The molecule has 1 amide bonds. The topological polar surface area (TPSA) is 96.9 Å². The molecule has 134 valence electrons. The molecular formula is C18H20N6O2. The summed E-state index contributed by atoms with van der Waals surface area (Å²) in [6.07, 6.45) is 3.36. The van der Waals surface area contributed by atoms with Crippen molar-refractivity contribution >= 4 is 16.8 Å². The number of rotatable bonds is 4. The Morgan fingerprint density at radius 3 is 3.08 bits per heavy atom. The van der Waals surface area contributed by atoms with Crippen LogP contribution in [0.25, 0.3) is 10.9 Å². The first-order chi connectivity index (χ1) is 12.7. The molecule has 1 aromatic carbocycles. The lowest BCUT2D eigenvalue weighted by Gasteiger charge is -2.31. The second kappa shape index (κ2) is 7.07. The van der Waals surface area contributed by atoms with Gasteiger partial charge in [0.25, 0.3) is 5.91 Å². The van der Waals surface area contributed by atoms with Gasteiger partial charge in [0.05, 0.1) is 10.9 Å². The zero-order chi connectivity index (χ0) is 17.9. The van der Waals surface area contributed by atoms with Crippen molar-refractivity contribution in [1.29, 1.82) is 0 Å². The molecule has 1 aliphatic heterocycles. The molecule has 1 aliphatic rings. The van der Waals surface area contributed by atoms with Gasteiger partial charge in [-0.05, 0) is 31.9 Å². The van der Waals surface area contributed by atoms with E-state index in [1.807, 2.05) is 36.1 Å². The smallest absolute Gasteiger partial charge is 0.260 e. The third-order valence-electron chi connectivity index (χ3n) is 4.59. The minimum atomic E-state index is -0.0512. The fraction of sp³-hybridized carbons (Fsp3) is 0.389. The van der Waals surface area contributed by atoms with E-state index in [1.165, 1.54) is 6.33 Å². The summed E-state index contributed by atoms with van der Waals surface area (Å²) in [6, 6.07) is 7.58. The molecule has 3 heterocycles. The number of amides is 1. The van der Waals surface area contributed by atoms with Gasteiger partial charge in [-0.25, -0.2) is 15.0 Å². The molecule has 0 spiro atoms. The number of hydrogen-bond acceptors (Lipinski definition) is 6. The van der Waals surface area contributed by atoms with Crippen LogP contribution in [0.3, 0.4) is 0 Å². The summed E-state index contributed by atoms with van der Waals surface area (Å²) in [5.41, 5.74) is 0.794. The number of hydrogen-bond donors (Lipinski definition) is 1. The minimum Gasteiger partial charge on any atom is -0.467 e. The zero-order valence-corrected chi connectivity index (χ0v) is 14.6. The molecular weight excluding hydrogens is 332 g/mol. The van der Waals surface area contributed by atoms with Crippen molar-refractivity contribution in [2.24, 2.45) is 0 Å². The van der Waals surface area contributed by atoms with E-state index in [-0.39, 0.29) is 18.4 Å². The molecule has 1 saturated heterocycles. The van der Waals surface area contributed by atoms with Crippen molar-refractivity contribution in [2.75, 3.05) is 19.7 Å². The number of H-pyrrole nitrogens is 1. The number of ether oxygens (including phenoxy) is 1. The molecule has 1 fully saturated rings. The maximum absolute atomic E-state index is 12.6. The van der Waals surface area contributed by atoms with E-state index in [0.29, 0.717) is 12.4 Å². The van der Waals surface area contributed by atoms with Crippen LogP contribution in [-0.2, 0) is 4.79 Å². The molecule has 0 bridgehead atoms. The number of para-hydroxylation sites is 1. The molecule has 0 unspecified atom stereocenters. The number of aromatic nitrogens is 5. The quantitative estimate of drug-likeness (QED) is 0.769. The Morgan fingerprint density at radius 2 is 2.23 bits per heavy atom. The number of fused-ring (bicyclic) bond motifs is 1. The second-order valence-corrected chi connectivity index (χ2v) is 6.44. The summed E-state index contributed by atoms with van der Waals surface area (Å²) in [7, 11) is 0. The summed E-state index contributed by atoms with van der Waals surface area (Å²) < 4.78 is 5.70. The number of nitrogens with one attached hydrogen (secondary N) is 1. The average molecular weight is 352 g/mol. The highest BCUT2D eigenvalue weighted by molar-refractivity contribution is 5.84. The summed E-state index contributed by atoms with van der Waals surface area (Å²) in [5.74, 6) is 2.12. The molecule has 4 rings (SSSR count). The van der Waals surface area contributed by atoms with Gasteiger partial charge in [0.1, 0.15) is 12.2 Å². The van der Waals surface area contributed by atoms with Crippen LogP contribution in [0.1, 0.15) is 30.4 Å². The third kappa shape index (κ3) is 3.35. The normalized spacial score (nSPS) is 17.4. The van der Waals surface area contributed by atoms with Crippen LogP contribution in [0, 0.1) is 6.92 Å². The first-order valence-corrected chi connectivity index (χ1v) is 8.70. The van der Waals surface area contributed by atoms with E-state index in [2.05, 4.69) is 25.1 Å². The SMILES string of the molecule is Cc1nc([C@@H]2CCCN(C(=O)COc3ncnc4ccccc34)C2)n[nH]1. The summed E-state index contributed by atoms with van der Waals surface area (Å²) in [4.78, 5) is 27.2. The highest BCUT2D eigenvalue weighted by Gasteiger charge is 2.27. The fourth-order valence-corrected chi connectivity index (χ4v) is 3.27. The van der Waals surface area contributed by atoms with Gasteiger partial charge in [-0.2, -0.15) is 5.10 Å². The molecule has 1 atom stereocenters. The van der Waals surface area contributed by atoms with Crippen molar-refractivity contribution in [3.8, 4) is 5.88 Å².